The molecule has 3 heterocycles. The van der Waals surface area contributed by atoms with Crippen molar-refractivity contribution in [1.82, 2.24) is 10.2 Å². The molecule has 7 heteroatoms. The summed E-state index contributed by atoms with van der Waals surface area (Å²) in [7, 11) is 0. The number of hydrogen-bond donors (Lipinski definition) is 1. The SMILES string of the molecule is C=C1c2ccc(N3CCC(C=O)CC3)cc2C(=O)N1C1CCC(=O)NC1=O. The maximum absolute atomic E-state index is 13.0. The minimum Gasteiger partial charge on any atom is -0.371 e. The molecule has 140 valence electrons. The summed E-state index contributed by atoms with van der Waals surface area (Å²) in [6.07, 6.45) is 3.15. The number of carbonyl (C=O) groups excluding carboxylic acids is 4. The largest absolute Gasteiger partial charge is 0.371 e. The van der Waals surface area contributed by atoms with Crippen molar-refractivity contribution in [2.24, 2.45) is 5.92 Å². The summed E-state index contributed by atoms with van der Waals surface area (Å²) in [5.41, 5.74) is 2.68. The van der Waals surface area contributed by atoms with Crippen molar-refractivity contribution < 1.29 is 19.2 Å². The first-order valence-corrected chi connectivity index (χ1v) is 9.20. The van der Waals surface area contributed by atoms with E-state index in [2.05, 4.69) is 16.8 Å². The molecule has 0 radical (unpaired) electrons. The highest BCUT2D eigenvalue weighted by Gasteiger charge is 2.41. The fraction of sp³-hybridized carbons (Fsp3) is 0.400. The maximum Gasteiger partial charge on any atom is 0.259 e. The zero-order valence-electron chi connectivity index (χ0n) is 14.9. The minimum absolute atomic E-state index is 0.111. The topological polar surface area (TPSA) is 86.8 Å². The van der Waals surface area contributed by atoms with E-state index in [0.29, 0.717) is 17.7 Å². The van der Waals surface area contributed by atoms with E-state index >= 15 is 0 Å². The monoisotopic (exact) mass is 367 g/mol. The molecule has 4 rings (SSSR count). The standard InChI is InChI=1S/C20H21N3O4/c1-12-15-3-2-14(22-8-6-13(11-24)7-9-22)10-16(15)20(27)23(12)17-4-5-18(25)21-19(17)26/h2-3,10-11,13,17H,1,4-9H2,(H,21,25,26). The van der Waals surface area contributed by atoms with Gasteiger partial charge in [0.2, 0.25) is 11.8 Å². The predicted molar refractivity (Wildman–Crippen MR) is 98.8 cm³/mol. The summed E-state index contributed by atoms with van der Waals surface area (Å²) in [5.74, 6) is -0.911. The van der Waals surface area contributed by atoms with Gasteiger partial charge >= 0.3 is 0 Å². The second kappa shape index (κ2) is 6.64. The Morgan fingerprint density at radius 2 is 1.81 bits per heavy atom. The Balaban J connectivity index is 1.58. The quantitative estimate of drug-likeness (QED) is 0.643. The van der Waals surface area contributed by atoms with E-state index in [-0.39, 0.29) is 24.2 Å². The minimum atomic E-state index is -0.707. The van der Waals surface area contributed by atoms with Crippen LogP contribution < -0.4 is 10.2 Å². The molecule has 2 saturated heterocycles. The van der Waals surface area contributed by atoms with Crippen LogP contribution in [0.15, 0.2) is 24.8 Å². The first kappa shape index (κ1) is 17.5. The lowest BCUT2D eigenvalue weighted by Gasteiger charge is -2.31. The molecule has 0 spiro atoms. The van der Waals surface area contributed by atoms with E-state index in [4.69, 9.17) is 0 Å². The number of amides is 3. The number of imide groups is 1. The van der Waals surface area contributed by atoms with Gasteiger partial charge in [0.25, 0.3) is 5.91 Å². The van der Waals surface area contributed by atoms with Gasteiger partial charge in [0.1, 0.15) is 12.3 Å². The molecule has 1 atom stereocenters. The van der Waals surface area contributed by atoms with Gasteiger partial charge in [-0.25, -0.2) is 0 Å². The Morgan fingerprint density at radius 3 is 2.48 bits per heavy atom. The maximum atomic E-state index is 13.0. The molecule has 3 aliphatic rings. The third-order valence-corrected chi connectivity index (χ3v) is 5.67. The lowest BCUT2D eigenvalue weighted by atomic mass is 9.97. The number of carbonyl (C=O) groups is 4. The van der Waals surface area contributed by atoms with E-state index in [1.807, 2.05) is 18.2 Å². The molecule has 7 nitrogen and oxygen atoms in total. The molecular weight excluding hydrogens is 346 g/mol. The van der Waals surface area contributed by atoms with Crippen molar-refractivity contribution in [1.29, 1.82) is 0 Å². The van der Waals surface area contributed by atoms with E-state index in [1.54, 1.807) is 0 Å². The Labute approximate surface area is 157 Å². The zero-order valence-corrected chi connectivity index (χ0v) is 14.9. The van der Waals surface area contributed by atoms with Gasteiger partial charge in [-0.05, 0) is 31.4 Å². The van der Waals surface area contributed by atoms with Crippen LogP contribution in [0.5, 0.6) is 0 Å². The number of benzene rings is 1. The summed E-state index contributed by atoms with van der Waals surface area (Å²) in [5, 5.41) is 2.30. The highest BCUT2D eigenvalue weighted by Crippen LogP contribution is 2.37. The molecule has 1 aromatic rings. The van der Waals surface area contributed by atoms with Gasteiger partial charge in [-0.3, -0.25) is 24.6 Å². The third-order valence-electron chi connectivity index (χ3n) is 5.67. The number of anilines is 1. The molecule has 1 unspecified atom stereocenters. The molecule has 1 N–H and O–H groups in total. The van der Waals surface area contributed by atoms with Crippen molar-refractivity contribution in [2.75, 3.05) is 18.0 Å². The Hall–Kier alpha value is -2.96. The Kier molecular flexibility index (Phi) is 4.30. The summed E-state index contributed by atoms with van der Waals surface area (Å²) < 4.78 is 0. The van der Waals surface area contributed by atoms with Crippen molar-refractivity contribution in [2.45, 2.75) is 31.7 Å². The third kappa shape index (κ3) is 2.93. The van der Waals surface area contributed by atoms with Crippen molar-refractivity contribution in [3.63, 3.8) is 0 Å². The van der Waals surface area contributed by atoms with Gasteiger partial charge in [-0.15, -0.1) is 0 Å². The fourth-order valence-electron chi connectivity index (χ4n) is 4.09. The molecular formula is C20H21N3O4. The average Bonchev–Trinajstić information content (AvgIpc) is 2.92. The van der Waals surface area contributed by atoms with Gasteiger partial charge in [0, 0.05) is 42.4 Å². The molecule has 2 fully saturated rings. The van der Waals surface area contributed by atoms with Crippen LogP contribution in [0.4, 0.5) is 5.69 Å². The van der Waals surface area contributed by atoms with Crippen LogP contribution >= 0.6 is 0 Å². The van der Waals surface area contributed by atoms with Crippen molar-refractivity contribution in [3.05, 3.63) is 35.9 Å². The summed E-state index contributed by atoms with van der Waals surface area (Å²) in [6, 6.07) is 4.95. The summed E-state index contributed by atoms with van der Waals surface area (Å²) >= 11 is 0. The van der Waals surface area contributed by atoms with Crippen LogP contribution in [0, 0.1) is 5.92 Å². The highest BCUT2D eigenvalue weighted by molar-refractivity contribution is 6.13. The average molecular weight is 367 g/mol. The second-order valence-corrected chi connectivity index (χ2v) is 7.28. The van der Waals surface area contributed by atoms with Crippen LogP contribution in [0.2, 0.25) is 0 Å². The number of nitrogens with zero attached hydrogens (tertiary/aromatic N) is 2. The zero-order chi connectivity index (χ0) is 19.1. The second-order valence-electron chi connectivity index (χ2n) is 7.28. The van der Waals surface area contributed by atoms with E-state index in [0.717, 1.165) is 43.5 Å². The molecule has 27 heavy (non-hydrogen) atoms. The lowest BCUT2D eigenvalue weighted by molar-refractivity contribution is -0.136. The molecule has 1 aromatic carbocycles. The number of aldehydes is 1. The first-order valence-electron chi connectivity index (χ1n) is 9.20. The van der Waals surface area contributed by atoms with Crippen molar-refractivity contribution in [3.8, 4) is 0 Å². The highest BCUT2D eigenvalue weighted by atomic mass is 16.2. The molecule has 0 bridgehead atoms. The normalized spacial score (nSPS) is 23.5. The van der Waals surface area contributed by atoms with Crippen LogP contribution in [-0.2, 0) is 14.4 Å². The van der Waals surface area contributed by atoms with Gasteiger partial charge in [0.05, 0.1) is 5.56 Å². The van der Waals surface area contributed by atoms with E-state index in [9.17, 15) is 19.2 Å². The van der Waals surface area contributed by atoms with E-state index < -0.39 is 11.9 Å². The van der Waals surface area contributed by atoms with Crippen molar-refractivity contribution >= 4 is 35.4 Å². The molecule has 0 saturated carbocycles. The Morgan fingerprint density at radius 1 is 1.07 bits per heavy atom. The molecule has 3 amide bonds. The number of nitrogens with one attached hydrogen (secondary N) is 1. The first-order chi connectivity index (χ1) is 13.0. The molecule has 0 aromatic heterocycles. The smallest absolute Gasteiger partial charge is 0.259 e. The summed E-state index contributed by atoms with van der Waals surface area (Å²) in [6.45, 7) is 5.55. The number of rotatable bonds is 3. The summed E-state index contributed by atoms with van der Waals surface area (Å²) in [4.78, 5) is 51.1. The number of fused-ring (bicyclic) bond motifs is 1. The van der Waals surface area contributed by atoms with E-state index in [1.165, 1.54) is 4.90 Å². The predicted octanol–water partition coefficient (Wildman–Crippen LogP) is 1.33. The van der Waals surface area contributed by atoms with Gasteiger partial charge in [0.15, 0.2) is 0 Å². The van der Waals surface area contributed by atoms with Crippen LogP contribution in [0.1, 0.15) is 41.6 Å². The molecule has 0 aliphatic carbocycles. The fourth-order valence-corrected chi connectivity index (χ4v) is 4.09. The Bertz CT molecular complexity index is 855. The number of piperidine rings is 2. The van der Waals surface area contributed by atoms with Crippen LogP contribution in [-0.4, -0.2) is 48.0 Å². The lowest BCUT2D eigenvalue weighted by Crippen LogP contribution is -2.52. The van der Waals surface area contributed by atoms with Crippen LogP contribution in [0.25, 0.3) is 5.70 Å². The molecule has 3 aliphatic heterocycles. The number of hydrogen-bond acceptors (Lipinski definition) is 5. The van der Waals surface area contributed by atoms with Gasteiger partial charge < -0.3 is 9.69 Å². The van der Waals surface area contributed by atoms with Gasteiger partial charge in [-0.2, -0.15) is 0 Å². The van der Waals surface area contributed by atoms with Crippen LogP contribution in [0.3, 0.4) is 0 Å². The van der Waals surface area contributed by atoms with Gasteiger partial charge in [-0.1, -0.05) is 12.6 Å².